The minimum Gasteiger partial charge on any atom is -0.399 e. The lowest BCUT2D eigenvalue weighted by Crippen LogP contribution is -2.65. The highest BCUT2D eigenvalue weighted by molar-refractivity contribution is 6.16. The molecule has 0 unspecified atom stereocenters. The van der Waals surface area contributed by atoms with Gasteiger partial charge in [-0.15, -0.1) is 0 Å². The average Bonchev–Trinajstić information content (AvgIpc) is 2.28. The molecule has 0 radical (unpaired) electrons. The van der Waals surface area contributed by atoms with E-state index in [1.54, 1.807) is 24.3 Å². The fraction of sp³-hybridized carbons (Fsp3) is 0.385. The highest BCUT2D eigenvalue weighted by atomic mass is 16.2. The van der Waals surface area contributed by atoms with Gasteiger partial charge in [-0.3, -0.25) is 4.79 Å². The van der Waals surface area contributed by atoms with E-state index in [-0.39, 0.29) is 17.5 Å². The third-order valence-electron chi connectivity index (χ3n) is 3.78. The minimum atomic E-state index is -0.323. The van der Waals surface area contributed by atoms with E-state index < -0.39 is 0 Å². The molecule has 1 saturated heterocycles. The first-order valence-corrected chi connectivity index (χ1v) is 6.10. The van der Waals surface area contributed by atoms with Crippen molar-refractivity contribution in [2.45, 2.75) is 31.2 Å². The van der Waals surface area contributed by atoms with Crippen molar-refractivity contribution in [2.24, 2.45) is 0 Å². The van der Waals surface area contributed by atoms with Crippen molar-refractivity contribution in [3.63, 3.8) is 0 Å². The number of nitrogens with zero attached hydrogens (tertiary/aromatic N) is 1. The molecule has 18 heavy (non-hydrogen) atoms. The van der Waals surface area contributed by atoms with Gasteiger partial charge in [0.15, 0.2) is 0 Å². The van der Waals surface area contributed by atoms with Gasteiger partial charge in [-0.25, -0.2) is 9.69 Å². The molecule has 1 heterocycles. The first-order chi connectivity index (χ1) is 8.60. The normalized spacial score (nSPS) is 21.7. The number of nitrogens with two attached hydrogens (primary N) is 1. The summed E-state index contributed by atoms with van der Waals surface area (Å²) in [6.07, 6.45) is 3.28. The van der Waals surface area contributed by atoms with E-state index in [0.29, 0.717) is 17.8 Å². The van der Waals surface area contributed by atoms with Crippen molar-refractivity contribution in [3.8, 4) is 0 Å². The van der Waals surface area contributed by atoms with Gasteiger partial charge >= 0.3 is 6.03 Å². The average molecular weight is 245 g/mol. The van der Waals surface area contributed by atoms with E-state index in [1.165, 1.54) is 4.90 Å². The minimum absolute atomic E-state index is 0.136. The maximum Gasteiger partial charge on any atom is 0.329 e. The first-order valence-electron chi connectivity index (χ1n) is 6.10. The number of nitrogens with one attached hydrogen (secondary N) is 1. The summed E-state index contributed by atoms with van der Waals surface area (Å²) >= 11 is 0. The first kappa shape index (κ1) is 11.1. The fourth-order valence-corrected chi connectivity index (χ4v) is 2.60. The molecule has 0 aromatic heterocycles. The summed E-state index contributed by atoms with van der Waals surface area (Å²) in [5.41, 5.74) is 6.51. The summed E-state index contributed by atoms with van der Waals surface area (Å²) in [6, 6.07) is 6.42. The molecule has 1 saturated carbocycles. The highest BCUT2D eigenvalue weighted by Gasteiger charge is 2.47. The lowest BCUT2D eigenvalue weighted by Gasteiger charge is -2.47. The predicted molar refractivity (Wildman–Crippen MR) is 68.1 cm³/mol. The Morgan fingerprint density at radius 3 is 2.33 bits per heavy atom. The van der Waals surface area contributed by atoms with Crippen LogP contribution in [0.4, 0.5) is 16.2 Å². The third kappa shape index (κ3) is 1.63. The number of hydrogen-bond acceptors (Lipinski definition) is 3. The van der Waals surface area contributed by atoms with Gasteiger partial charge in [-0.05, 0) is 43.5 Å². The molecule has 2 aliphatic rings. The second-order valence-electron chi connectivity index (χ2n) is 5.06. The van der Waals surface area contributed by atoms with Crippen LogP contribution in [0.1, 0.15) is 25.7 Å². The quantitative estimate of drug-likeness (QED) is 0.738. The summed E-state index contributed by atoms with van der Waals surface area (Å²) in [4.78, 5) is 25.4. The van der Waals surface area contributed by atoms with Gasteiger partial charge in [0, 0.05) is 5.69 Å². The zero-order valence-electron chi connectivity index (χ0n) is 9.98. The van der Waals surface area contributed by atoms with Crippen LogP contribution in [0.15, 0.2) is 24.3 Å². The topological polar surface area (TPSA) is 75.4 Å². The van der Waals surface area contributed by atoms with E-state index in [9.17, 15) is 9.59 Å². The number of rotatable bonds is 1. The van der Waals surface area contributed by atoms with Gasteiger partial charge in [0.1, 0.15) is 0 Å². The summed E-state index contributed by atoms with van der Waals surface area (Å²) in [6.45, 7) is 0. The summed E-state index contributed by atoms with van der Waals surface area (Å²) < 4.78 is 0. The smallest absolute Gasteiger partial charge is 0.329 e. The van der Waals surface area contributed by atoms with E-state index in [0.717, 1.165) is 19.3 Å². The Bertz CT molecular complexity index is 485. The van der Waals surface area contributed by atoms with Crippen molar-refractivity contribution in [2.75, 3.05) is 10.6 Å². The maximum atomic E-state index is 12.1. The molecule has 1 aliphatic carbocycles. The zero-order chi connectivity index (χ0) is 12.8. The lowest BCUT2D eigenvalue weighted by molar-refractivity contribution is -0.121. The lowest BCUT2D eigenvalue weighted by atomic mass is 9.73. The van der Waals surface area contributed by atoms with Crippen LogP contribution in [0.2, 0.25) is 0 Å². The molecule has 0 atom stereocenters. The maximum absolute atomic E-state index is 12.1. The molecule has 3 N–H and O–H groups in total. The number of hydrogen-bond donors (Lipinski definition) is 2. The van der Waals surface area contributed by atoms with Gasteiger partial charge in [0.05, 0.1) is 17.6 Å². The molecule has 94 valence electrons. The van der Waals surface area contributed by atoms with Crippen LogP contribution >= 0.6 is 0 Å². The van der Waals surface area contributed by atoms with E-state index in [2.05, 4.69) is 5.32 Å². The molecular weight excluding hydrogens is 230 g/mol. The Hall–Kier alpha value is -2.04. The molecule has 1 spiro atoms. The van der Waals surface area contributed by atoms with E-state index in [4.69, 9.17) is 5.73 Å². The Labute approximate surface area is 105 Å². The Morgan fingerprint density at radius 2 is 1.83 bits per heavy atom. The van der Waals surface area contributed by atoms with Crippen molar-refractivity contribution in [3.05, 3.63) is 24.3 Å². The molecule has 3 amide bonds. The van der Waals surface area contributed by atoms with Gasteiger partial charge in [0.25, 0.3) is 0 Å². The molecule has 1 aromatic rings. The van der Waals surface area contributed by atoms with Gasteiger partial charge in [0.2, 0.25) is 5.91 Å². The monoisotopic (exact) mass is 245 g/mol. The van der Waals surface area contributed by atoms with Crippen LogP contribution in [-0.4, -0.2) is 17.5 Å². The molecule has 5 heteroatoms. The Morgan fingerprint density at radius 1 is 1.17 bits per heavy atom. The third-order valence-corrected chi connectivity index (χ3v) is 3.78. The molecule has 2 fully saturated rings. The highest BCUT2D eigenvalue weighted by Crippen LogP contribution is 2.38. The Kier molecular flexibility index (Phi) is 2.29. The number of carbonyl (C=O) groups excluding carboxylic acids is 2. The molecular formula is C13H15N3O2. The van der Waals surface area contributed by atoms with Gasteiger partial charge in [-0.1, -0.05) is 0 Å². The number of benzene rings is 1. The largest absolute Gasteiger partial charge is 0.399 e. The van der Waals surface area contributed by atoms with Crippen molar-refractivity contribution >= 4 is 23.3 Å². The number of anilines is 2. The van der Waals surface area contributed by atoms with Crippen molar-refractivity contribution in [1.82, 2.24) is 5.32 Å². The number of carbonyl (C=O) groups is 2. The summed E-state index contributed by atoms with van der Waals surface area (Å²) in [5.74, 6) is -0.136. The van der Waals surface area contributed by atoms with Crippen LogP contribution in [0, 0.1) is 0 Å². The SMILES string of the molecule is Nc1ccc(N2C(=O)CC3(CCC3)NC2=O)cc1. The van der Waals surface area contributed by atoms with E-state index >= 15 is 0 Å². The Balaban J connectivity index is 1.87. The molecule has 5 nitrogen and oxygen atoms in total. The van der Waals surface area contributed by atoms with Crippen LogP contribution < -0.4 is 16.0 Å². The number of amides is 3. The van der Waals surface area contributed by atoms with Crippen LogP contribution in [0.3, 0.4) is 0 Å². The molecule has 1 aromatic carbocycles. The van der Waals surface area contributed by atoms with Gasteiger partial charge in [-0.2, -0.15) is 0 Å². The van der Waals surface area contributed by atoms with Crippen LogP contribution in [0.25, 0.3) is 0 Å². The standard InChI is InChI=1S/C13H15N3O2/c14-9-2-4-10(5-3-9)16-11(17)8-13(6-1-7-13)15-12(16)18/h2-5H,1,6-8,14H2,(H,15,18). The van der Waals surface area contributed by atoms with Crippen molar-refractivity contribution < 1.29 is 9.59 Å². The van der Waals surface area contributed by atoms with Crippen molar-refractivity contribution in [1.29, 1.82) is 0 Å². The van der Waals surface area contributed by atoms with Crippen LogP contribution in [-0.2, 0) is 4.79 Å². The van der Waals surface area contributed by atoms with Gasteiger partial charge < -0.3 is 11.1 Å². The number of nitrogen functional groups attached to an aromatic ring is 1. The second-order valence-corrected chi connectivity index (χ2v) is 5.06. The predicted octanol–water partition coefficient (Wildman–Crippen LogP) is 1.64. The summed E-state index contributed by atoms with van der Waals surface area (Å²) in [5, 5.41) is 2.96. The fourth-order valence-electron chi connectivity index (χ4n) is 2.60. The molecule has 3 rings (SSSR count). The number of urea groups is 1. The second kappa shape index (κ2) is 3.73. The number of imide groups is 1. The summed E-state index contributed by atoms with van der Waals surface area (Å²) in [7, 11) is 0. The van der Waals surface area contributed by atoms with Crippen LogP contribution in [0.5, 0.6) is 0 Å². The molecule has 1 aliphatic heterocycles. The molecule has 0 bridgehead atoms. The van der Waals surface area contributed by atoms with E-state index in [1.807, 2.05) is 0 Å². The zero-order valence-corrected chi connectivity index (χ0v) is 9.98.